The average Bonchev–Trinajstić information content (AvgIpc) is 2.38. The van der Waals surface area contributed by atoms with Gasteiger partial charge in [0.1, 0.15) is 0 Å². The van der Waals surface area contributed by atoms with E-state index in [2.05, 4.69) is 31.4 Å². The van der Waals surface area contributed by atoms with Gasteiger partial charge >= 0.3 is 0 Å². The molecule has 0 saturated heterocycles. The Hall–Kier alpha value is -1.56. The molecule has 0 fully saturated rings. The highest BCUT2D eigenvalue weighted by Gasteiger charge is 2.09. The predicted molar refractivity (Wildman–Crippen MR) is 75.3 cm³/mol. The third kappa shape index (κ3) is 2.97. The molecule has 0 heterocycles. The number of hydrogen-bond donors (Lipinski definition) is 0. The molecule has 2 rings (SSSR count). The summed E-state index contributed by atoms with van der Waals surface area (Å²) in [5, 5.41) is 0. The molecule has 1 aromatic rings. The van der Waals surface area contributed by atoms with E-state index in [9.17, 15) is 0 Å². The number of fused-ring (bicyclic) bond motifs is 1. The van der Waals surface area contributed by atoms with E-state index in [1.54, 1.807) is 11.1 Å². The summed E-state index contributed by atoms with van der Waals surface area (Å²) in [4.78, 5) is 0. The molecule has 17 heavy (non-hydrogen) atoms. The summed E-state index contributed by atoms with van der Waals surface area (Å²) < 4.78 is 0. The Morgan fingerprint density at radius 2 is 1.88 bits per heavy atom. The maximum absolute atomic E-state index is 3.85. The summed E-state index contributed by atoms with van der Waals surface area (Å²) in [5.74, 6) is 0. The fraction of sp³-hybridized carbons (Fsp3) is 0.294. The summed E-state index contributed by atoms with van der Waals surface area (Å²) >= 11 is 0. The van der Waals surface area contributed by atoms with Gasteiger partial charge in [-0.3, -0.25) is 0 Å². The van der Waals surface area contributed by atoms with E-state index in [-0.39, 0.29) is 0 Å². The van der Waals surface area contributed by atoms with E-state index in [0.29, 0.717) is 0 Å². The standard InChI is InChI=1S/C17H20/c1-3-7-14(4-2)12-15-10-11-16-8-5-6-9-17(16)13-15/h3-4,7,10-11,13H,1-2,5-6,8-9,12H2/b14-7+. The van der Waals surface area contributed by atoms with Crippen molar-refractivity contribution in [1.29, 1.82) is 0 Å². The van der Waals surface area contributed by atoms with Gasteiger partial charge in [-0.2, -0.15) is 0 Å². The molecule has 0 aromatic heterocycles. The molecule has 0 heteroatoms. The van der Waals surface area contributed by atoms with Crippen molar-refractivity contribution in [2.45, 2.75) is 32.1 Å². The second-order valence-corrected chi connectivity index (χ2v) is 4.67. The Labute approximate surface area is 104 Å². The van der Waals surface area contributed by atoms with E-state index in [4.69, 9.17) is 0 Å². The van der Waals surface area contributed by atoms with Crippen LogP contribution in [0.4, 0.5) is 0 Å². The van der Waals surface area contributed by atoms with Crippen LogP contribution in [-0.4, -0.2) is 0 Å². The van der Waals surface area contributed by atoms with Crippen molar-refractivity contribution in [3.63, 3.8) is 0 Å². The summed E-state index contributed by atoms with van der Waals surface area (Å²) in [6.45, 7) is 7.58. The average molecular weight is 224 g/mol. The lowest BCUT2D eigenvalue weighted by molar-refractivity contribution is 0.684. The Morgan fingerprint density at radius 1 is 1.12 bits per heavy atom. The van der Waals surface area contributed by atoms with E-state index < -0.39 is 0 Å². The molecule has 0 N–H and O–H groups in total. The first-order valence-corrected chi connectivity index (χ1v) is 6.38. The zero-order valence-corrected chi connectivity index (χ0v) is 10.4. The van der Waals surface area contributed by atoms with Gasteiger partial charge in [-0.05, 0) is 54.4 Å². The highest BCUT2D eigenvalue weighted by Crippen LogP contribution is 2.23. The molecule has 0 bridgehead atoms. The van der Waals surface area contributed by atoms with Crippen molar-refractivity contribution in [2.75, 3.05) is 0 Å². The number of rotatable bonds is 4. The van der Waals surface area contributed by atoms with Crippen LogP contribution in [0.5, 0.6) is 0 Å². The van der Waals surface area contributed by atoms with Crippen LogP contribution in [0.3, 0.4) is 0 Å². The van der Waals surface area contributed by atoms with Crippen molar-refractivity contribution < 1.29 is 0 Å². The molecular formula is C17H20. The molecule has 1 aliphatic carbocycles. The minimum atomic E-state index is 0.961. The maximum atomic E-state index is 3.85. The van der Waals surface area contributed by atoms with Crippen LogP contribution in [0, 0.1) is 0 Å². The van der Waals surface area contributed by atoms with Crippen molar-refractivity contribution >= 4 is 0 Å². The molecule has 0 aliphatic heterocycles. The second kappa shape index (κ2) is 5.67. The summed E-state index contributed by atoms with van der Waals surface area (Å²) in [6, 6.07) is 6.93. The topological polar surface area (TPSA) is 0 Å². The van der Waals surface area contributed by atoms with Crippen LogP contribution < -0.4 is 0 Å². The van der Waals surface area contributed by atoms with Crippen LogP contribution in [0.2, 0.25) is 0 Å². The molecule has 0 spiro atoms. The van der Waals surface area contributed by atoms with Crippen molar-refractivity contribution in [3.8, 4) is 0 Å². The molecular weight excluding hydrogens is 204 g/mol. The number of hydrogen-bond acceptors (Lipinski definition) is 0. The monoisotopic (exact) mass is 224 g/mol. The van der Waals surface area contributed by atoms with Crippen LogP contribution in [0.25, 0.3) is 0 Å². The molecule has 0 saturated carbocycles. The Morgan fingerprint density at radius 3 is 2.59 bits per heavy atom. The Balaban J connectivity index is 2.19. The van der Waals surface area contributed by atoms with Gasteiger partial charge in [0, 0.05) is 0 Å². The van der Waals surface area contributed by atoms with Gasteiger partial charge in [-0.1, -0.05) is 49.6 Å². The van der Waals surface area contributed by atoms with Crippen molar-refractivity contribution in [3.05, 3.63) is 71.8 Å². The van der Waals surface area contributed by atoms with Crippen molar-refractivity contribution in [2.24, 2.45) is 0 Å². The first-order valence-electron chi connectivity index (χ1n) is 6.38. The molecule has 0 atom stereocenters. The van der Waals surface area contributed by atoms with Crippen LogP contribution in [-0.2, 0) is 19.3 Å². The van der Waals surface area contributed by atoms with Gasteiger partial charge in [0.2, 0.25) is 0 Å². The number of aryl methyl sites for hydroxylation is 2. The highest BCUT2D eigenvalue weighted by molar-refractivity contribution is 5.37. The van der Waals surface area contributed by atoms with E-state index >= 15 is 0 Å². The molecule has 88 valence electrons. The van der Waals surface area contributed by atoms with Crippen molar-refractivity contribution in [1.82, 2.24) is 0 Å². The third-order valence-electron chi connectivity index (χ3n) is 3.42. The summed E-state index contributed by atoms with van der Waals surface area (Å²) in [5.41, 5.74) is 5.72. The lowest BCUT2D eigenvalue weighted by Crippen LogP contribution is -2.03. The minimum absolute atomic E-state index is 0.961. The van der Waals surface area contributed by atoms with Crippen LogP contribution in [0.1, 0.15) is 29.5 Å². The fourth-order valence-corrected chi connectivity index (χ4v) is 2.48. The smallest absolute Gasteiger partial charge is 0.00259 e. The zero-order valence-electron chi connectivity index (χ0n) is 10.4. The van der Waals surface area contributed by atoms with E-state index in [0.717, 1.165) is 6.42 Å². The molecule has 1 aromatic carbocycles. The minimum Gasteiger partial charge on any atom is -0.0991 e. The normalized spacial score (nSPS) is 15.2. The summed E-state index contributed by atoms with van der Waals surface area (Å²) in [6.07, 6.45) is 11.9. The first kappa shape index (κ1) is 11.9. The second-order valence-electron chi connectivity index (χ2n) is 4.67. The summed E-state index contributed by atoms with van der Waals surface area (Å²) in [7, 11) is 0. The van der Waals surface area contributed by atoms with E-state index in [1.165, 1.54) is 36.8 Å². The van der Waals surface area contributed by atoms with Gasteiger partial charge in [0.15, 0.2) is 0 Å². The molecule has 0 nitrogen and oxygen atoms in total. The zero-order chi connectivity index (χ0) is 12.1. The van der Waals surface area contributed by atoms with Gasteiger partial charge in [-0.15, -0.1) is 0 Å². The Kier molecular flexibility index (Phi) is 3.98. The third-order valence-corrected chi connectivity index (χ3v) is 3.42. The lowest BCUT2D eigenvalue weighted by Gasteiger charge is -2.16. The lowest BCUT2D eigenvalue weighted by atomic mass is 9.89. The quantitative estimate of drug-likeness (QED) is 0.665. The first-order chi connectivity index (χ1) is 8.33. The highest BCUT2D eigenvalue weighted by atomic mass is 14.1. The fourth-order valence-electron chi connectivity index (χ4n) is 2.48. The largest absolute Gasteiger partial charge is 0.0991 e. The Bertz CT molecular complexity index is 449. The maximum Gasteiger partial charge on any atom is -0.00259 e. The number of benzene rings is 1. The van der Waals surface area contributed by atoms with E-state index in [1.807, 2.05) is 18.2 Å². The van der Waals surface area contributed by atoms with Gasteiger partial charge < -0.3 is 0 Å². The SMILES string of the molecule is C=C/C=C(\C=C)Cc1ccc2c(c1)CCCC2. The van der Waals surface area contributed by atoms with Gasteiger partial charge in [0.25, 0.3) is 0 Å². The van der Waals surface area contributed by atoms with Gasteiger partial charge in [-0.25, -0.2) is 0 Å². The van der Waals surface area contributed by atoms with Crippen LogP contribution >= 0.6 is 0 Å². The predicted octanol–water partition coefficient (Wildman–Crippen LogP) is 4.41. The molecule has 0 unspecified atom stereocenters. The van der Waals surface area contributed by atoms with Gasteiger partial charge in [0.05, 0.1) is 0 Å². The molecule has 1 aliphatic rings. The van der Waals surface area contributed by atoms with Crippen LogP contribution in [0.15, 0.2) is 55.2 Å². The number of allylic oxidation sites excluding steroid dienone is 4. The molecule has 0 radical (unpaired) electrons. The molecule has 0 amide bonds.